The molecule has 0 heterocycles. The van der Waals surface area contributed by atoms with Crippen LogP contribution in [-0.2, 0) is 0 Å². The van der Waals surface area contributed by atoms with Gasteiger partial charge in [-0.15, -0.1) is 0 Å². The Morgan fingerprint density at radius 2 is 2.00 bits per heavy atom. The number of nitrogens with one attached hydrogen (secondary N) is 1. The molecule has 0 aliphatic rings. The predicted octanol–water partition coefficient (Wildman–Crippen LogP) is 3.91. The number of hydrogen-bond donors (Lipinski definition) is 1. The van der Waals surface area contributed by atoms with Crippen molar-refractivity contribution in [1.29, 1.82) is 0 Å². The molecule has 0 saturated carbocycles. The van der Waals surface area contributed by atoms with Gasteiger partial charge >= 0.3 is 0 Å². The van der Waals surface area contributed by atoms with Crippen LogP contribution in [0.3, 0.4) is 0 Å². The highest BCUT2D eigenvalue weighted by atomic mass is 79.9. The van der Waals surface area contributed by atoms with Crippen LogP contribution in [0, 0.1) is 0 Å². The van der Waals surface area contributed by atoms with E-state index in [0.717, 1.165) is 16.7 Å². The van der Waals surface area contributed by atoms with Gasteiger partial charge in [-0.3, -0.25) is 0 Å². The van der Waals surface area contributed by atoms with E-state index in [1.54, 1.807) is 0 Å². The summed E-state index contributed by atoms with van der Waals surface area (Å²) in [5.74, 6) is 0. The first kappa shape index (κ1) is 11.5. The van der Waals surface area contributed by atoms with E-state index >= 15 is 0 Å². The lowest BCUT2D eigenvalue weighted by Gasteiger charge is -2.01. The van der Waals surface area contributed by atoms with Crippen molar-refractivity contribution in [3.05, 3.63) is 28.7 Å². The molecule has 2 heteroatoms. The van der Waals surface area contributed by atoms with Crippen molar-refractivity contribution in [2.75, 3.05) is 11.9 Å². The zero-order valence-electron chi connectivity index (χ0n) is 7.89. The van der Waals surface area contributed by atoms with Gasteiger partial charge in [-0.25, -0.2) is 0 Å². The molecule has 0 aromatic heterocycles. The number of benzene rings is 1. The largest absolute Gasteiger partial charge is 0.385 e. The molecule has 12 heavy (non-hydrogen) atoms. The summed E-state index contributed by atoms with van der Waals surface area (Å²) < 4.78 is 1.12. The first-order chi connectivity index (χ1) is 5.83. The zero-order valence-corrected chi connectivity index (χ0v) is 9.48. The first-order valence-electron chi connectivity index (χ1n) is 4.32. The summed E-state index contributed by atoms with van der Waals surface area (Å²) in [6.07, 6.45) is 0. The van der Waals surface area contributed by atoms with Crippen LogP contribution in [0.2, 0.25) is 0 Å². The fourth-order valence-corrected chi connectivity index (χ4v) is 1.20. The standard InChI is InChI=1S/C8H10BrN.C2H6/c1-2-10-8-5-3-4-7(9)6-8;1-2/h3-6,10H,2H2,1H3;1-2H3. The van der Waals surface area contributed by atoms with Gasteiger partial charge in [0.2, 0.25) is 0 Å². The quantitative estimate of drug-likeness (QED) is 0.812. The van der Waals surface area contributed by atoms with Gasteiger partial charge < -0.3 is 5.32 Å². The highest BCUT2D eigenvalue weighted by Gasteiger charge is 1.88. The maximum atomic E-state index is 3.39. The average molecular weight is 230 g/mol. The van der Waals surface area contributed by atoms with E-state index in [1.165, 1.54) is 0 Å². The maximum absolute atomic E-state index is 3.39. The number of halogens is 1. The minimum atomic E-state index is 0.969. The predicted molar refractivity (Wildman–Crippen MR) is 59.7 cm³/mol. The molecule has 0 amide bonds. The fraction of sp³-hybridized carbons (Fsp3) is 0.400. The smallest absolute Gasteiger partial charge is 0.0351 e. The first-order valence-corrected chi connectivity index (χ1v) is 5.11. The summed E-state index contributed by atoms with van der Waals surface area (Å²) in [7, 11) is 0. The molecule has 1 nitrogen and oxygen atoms in total. The molecule has 0 saturated heterocycles. The van der Waals surface area contributed by atoms with Crippen LogP contribution in [0.25, 0.3) is 0 Å². The third-order valence-electron chi connectivity index (χ3n) is 1.21. The normalized spacial score (nSPS) is 8.33. The molecule has 0 radical (unpaired) electrons. The maximum Gasteiger partial charge on any atom is 0.0351 e. The Balaban J connectivity index is 0.000000561. The van der Waals surface area contributed by atoms with Crippen molar-refractivity contribution in [2.24, 2.45) is 0 Å². The van der Waals surface area contributed by atoms with Gasteiger partial charge in [0, 0.05) is 16.7 Å². The molecule has 68 valence electrons. The van der Waals surface area contributed by atoms with Crippen LogP contribution in [0.5, 0.6) is 0 Å². The van der Waals surface area contributed by atoms with Crippen LogP contribution in [0.15, 0.2) is 28.7 Å². The summed E-state index contributed by atoms with van der Waals surface area (Å²) in [6.45, 7) is 7.05. The second kappa shape index (κ2) is 7.17. The van der Waals surface area contributed by atoms with E-state index in [-0.39, 0.29) is 0 Å². The van der Waals surface area contributed by atoms with Crippen molar-refractivity contribution >= 4 is 21.6 Å². The van der Waals surface area contributed by atoms with Gasteiger partial charge in [0.15, 0.2) is 0 Å². The van der Waals surface area contributed by atoms with Gasteiger partial charge in [0.1, 0.15) is 0 Å². The molecule has 0 unspecified atom stereocenters. The molecule has 0 aliphatic heterocycles. The molecule has 0 fully saturated rings. The van der Waals surface area contributed by atoms with E-state index in [1.807, 2.05) is 32.0 Å². The second-order valence-electron chi connectivity index (χ2n) is 2.04. The molecule has 1 aromatic carbocycles. The van der Waals surface area contributed by atoms with E-state index in [4.69, 9.17) is 0 Å². The van der Waals surface area contributed by atoms with Gasteiger partial charge in [0.25, 0.3) is 0 Å². The Kier molecular flexibility index (Phi) is 6.87. The van der Waals surface area contributed by atoms with Crippen molar-refractivity contribution < 1.29 is 0 Å². The topological polar surface area (TPSA) is 12.0 Å². The molecular formula is C10H16BrN. The Morgan fingerprint density at radius 3 is 2.50 bits per heavy atom. The molecular weight excluding hydrogens is 214 g/mol. The highest BCUT2D eigenvalue weighted by molar-refractivity contribution is 9.10. The molecule has 1 rings (SSSR count). The lowest BCUT2D eigenvalue weighted by atomic mass is 10.3. The van der Waals surface area contributed by atoms with Crippen molar-refractivity contribution in [2.45, 2.75) is 20.8 Å². The van der Waals surface area contributed by atoms with Crippen LogP contribution in [0.1, 0.15) is 20.8 Å². The molecule has 0 spiro atoms. The van der Waals surface area contributed by atoms with Crippen LogP contribution in [-0.4, -0.2) is 6.54 Å². The lowest BCUT2D eigenvalue weighted by Crippen LogP contribution is -1.95. The van der Waals surface area contributed by atoms with Gasteiger partial charge in [0.05, 0.1) is 0 Å². The van der Waals surface area contributed by atoms with E-state index < -0.39 is 0 Å². The summed E-state index contributed by atoms with van der Waals surface area (Å²) in [5, 5.41) is 3.22. The molecule has 1 aromatic rings. The Hall–Kier alpha value is -0.500. The fourth-order valence-electron chi connectivity index (χ4n) is 0.803. The van der Waals surface area contributed by atoms with Crippen molar-refractivity contribution in [3.8, 4) is 0 Å². The van der Waals surface area contributed by atoms with Gasteiger partial charge in [-0.2, -0.15) is 0 Å². The minimum absolute atomic E-state index is 0.969. The van der Waals surface area contributed by atoms with Crippen LogP contribution in [0.4, 0.5) is 5.69 Å². The Bertz CT molecular complexity index is 211. The SMILES string of the molecule is CC.CCNc1cccc(Br)c1. The Labute approximate surface area is 83.3 Å². The Morgan fingerprint density at radius 1 is 1.33 bits per heavy atom. The number of anilines is 1. The second-order valence-corrected chi connectivity index (χ2v) is 2.96. The van der Waals surface area contributed by atoms with E-state index in [0.29, 0.717) is 0 Å². The van der Waals surface area contributed by atoms with E-state index in [9.17, 15) is 0 Å². The van der Waals surface area contributed by atoms with Crippen molar-refractivity contribution in [3.63, 3.8) is 0 Å². The monoisotopic (exact) mass is 229 g/mol. The third kappa shape index (κ3) is 4.39. The third-order valence-corrected chi connectivity index (χ3v) is 1.70. The van der Waals surface area contributed by atoms with Crippen LogP contribution < -0.4 is 5.32 Å². The minimum Gasteiger partial charge on any atom is -0.385 e. The summed E-state index contributed by atoms with van der Waals surface area (Å²) in [5.41, 5.74) is 1.16. The van der Waals surface area contributed by atoms with Crippen LogP contribution >= 0.6 is 15.9 Å². The number of rotatable bonds is 2. The average Bonchev–Trinajstić information content (AvgIpc) is 2.09. The zero-order chi connectivity index (χ0) is 9.40. The lowest BCUT2D eigenvalue weighted by molar-refractivity contribution is 1.21. The summed E-state index contributed by atoms with van der Waals surface area (Å²) in [6, 6.07) is 8.14. The molecule has 0 aliphatic carbocycles. The van der Waals surface area contributed by atoms with E-state index in [2.05, 4.69) is 34.2 Å². The van der Waals surface area contributed by atoms with Crippen molar-refractivity contribution in [1.82, 2.24) is 0 Å². The summed E-state index contributed by atoms with van der Waals surface area (Å²) >= 11 is 3.39. The summed E-state index contributed by atoms with van der Waals surface area (Å²) in [4.78, 5) is 0. The highest BCUT2D eigenvalue weighted by Crippen LogP contribution is 2.14. The molecule has 0 bridgehead atoms. The molecule has 0 atom stereocenters. The molecule has 1 N–H and O–H groups in total. The number of hydrogen-bond acceptors (Lipinski definition) is 1. The van der Waals surface area contributed by atoms with Gasteiger partial charge in [-0.1, -0.05) is 35.8 Å². The van der Waals surface area contributed by atoms with Gasteiger partial charge in [-0.05, 0) is 25.1 Å².